The van der Waals surface area contributed by atoms with Crippen LogP contribution in [0.3, 0.4) is 0 Å². The van der Waals surface area contributed by atoms with Gasteiger partial charge >= 0.3 is 0 Å². The highest BCUT2D eigenvalue weighted by molar-refractivity contribution is 5.76. The van der Waals surface area contributed by atoms with Gasteiger partial charge in [0, 0.05) is 25.6 Å². The molecule has 0 spiro atoms. The quantitative estimate of drug-likeness (QED) is 0.716. The first-order valence-electron chi connectivity index (χ1n) is 6.03. The van der Waals surface area contributed by atoms with Crippen molar-refractivity contribution in [2.45, 2.75) is 39.2 Å². The highest BCUT2D eigenvalue weighted by atomic mass is 16.5. The van der Waals surface area contributed by atoms with Crippen molar-refractivity contribution in [2.24, 2.45) is 5.92 Å². The van der Waals surface area contributed by atoms with E-state index in [1.165, 1.54) is 0 Å². The molecule has 1 saturated heterocycles. The van der Waals surface area contributed by atoms with Crippen LogP contribution in [0.25, 0.3) is 0 Å². The van der Waals surface area contributed by atoms with Crippen LogP contribution in [0, 0.1) is 5.92 Å². The van der Waals surface area contributed by atoms with E-state index >= 15 is 0 Å². The first-order chi connectivity index (χ1) is 7.45. The van der Waals surface area contributed by atoms with E-state index in [1.54, 1.807) is 0 Å². The van der Waals surface area contributed by atoms with Gasteiger partial charge in [0.25, 0.3) is 0 Å². The number of likely N-dealkylation sites (tertiary alicyclic amines) is 1. The van der Waals surface area contributed by atoms with Crippen LogP contribution in [0.4, 0.5) is 0 Å². The summed E-state index contributed by atoms with van der Waals surface area (Å²) < 4.78 is 5.16. The summed E-state index contributed by atoms with van der Waals surface area (Å²) in [5, 5.41) is 9.87. The molecule has 1 aliphatic rings. The first-order valence-corrected chi connectivity index (χ1v) is 6.03. The van der Waals surface area contributed by atoms with Crippen molar-refractivity contribution >= 4 is 5.91 Å². The molecule has 0 radical (unpaired) electrons. The van der Waals surface area contributed by atoms with Gasteiger partial charge in [-0.15, -0.1) is 0 Å². The molecule has 1 amide bonds. The predicted molar refractivity (Wildman–Crippen MR) is 62.1 cm³/mol. The highest BCUT2D eigenvalue weighted by Gasteiger charge is 2.34. The number of hydrogen-bond acceptors (Lipinski definition) is 3. The van der Waals surface area contributed by atoms with Crippen molar-refractivity contribution in [1.82, 2.24) is 4.90 Å². The van der Waals surface area contributed by atoms with Crippen LogP contribution >= 0.6 is 0 Å². The van der Waals surface area contributed by atoms with E-state index in [-0.39, 0.29) is 11.8 Å². The molecule has 0 aromatic carbocycles. The van der Waals surface area contributed by atoms with Gasteiger partial charge in [0.2, 0.25) is 5.91 Å². The average molecular weight is 229 g/mol. The Kier molecular flexibility index (Phi) is 4.74. The fourth-order valence-corrected chi connectivity index (χ4v) is 2.03. The van der Waals surface area contributed by atoms with Crippen LogP contribution in [0.15, 0.2) is 0 Å². The van der Waals surface area contributed by atoms with Crippen LogP contribution in [0.2, 0.25) is 0 Å². The Morgan fingerprint density at radius 1 is 1.56 bits per heavy atom. The molecule has 0 saturated carbocycles. The molecule has 1 N–H and O–H groups in total. The molecule has 4 heteroatoms. The van der Waals surface area contributed by atoms with Crippen LogP contribution < -0.4 is 0 Å². The predicted octanol–water partition coefficient (Wildman–Crippen LogP) is 1.03. The number of aliphatic hydroxyl groups is 1. The molecule has 1 rings (SSSR count). The minimum Gasteiger partial charge on any atom is -0.390 e. The number of carbonyl (C=O) groups excluding carboxylic acids is 1. The SMILES string of the molecule is CCOCCC(=O)N1CC[C@@H](C(C)(C)O)C1. The lowest BCUT2D eigenvalue weighted by Gasteiger charge is -2.25. The topological polar surface area (TPSA) is 49.8 Å². The van der Waals surface area contributed by atoms with Gasteiger partial charge in [-0.05, 0) is 27.2 Å². The Morgan fingerprint density at radius 2 is 2.25 bits per heavy atom. The summed E-state index contributed by atoms with van der Waals surface area (Å²) in [4.78, 5) is 13.6. The third kappa shape index (κ3) is 3.76. The molecule has 16 heavy (non-hydrogen) atoms. The van der Waals surface area contributed by atoms with E-state index in [2.05, 4.69) is 0 Å². The lowest BCUT2D eigenvalue weighted by Crippen LogP contribution is -2.35. The third-order valence-corrected chi connectivity index (χ3v) is 3.20. The van der Waals surface area contributed by atoms with E-state index < -0.39 is 5.60 Å². The van der Waals surface area contributed by atoms with E-state index in [1.807, 2.05) is 25.7 Å². The molecule has 1 aliphatic heterocycles. The van der Waals surface area contributed by atoms with Gasteiger partial charge < -0.3 is 14.7 Å². The Hall–Kier alpha value is -0.610. The molecule has 1 atom stereocenters. The largest absolute Gasteiger partial charge is 0.390 e. The fourth-order valence-electron chi connectivity index (χ4n) is 2.03. The molecule has 0 unspecified atom stereocenters. The van der Waals surface area contributed by atoms with Gasteiger partial charge in [-0.3, -0.25) is 4.79 Å². The van der Waals surface area contributed by atoms with Crippen molar-refractivity contribution in [1.29, 1.82) is 0 Å². The minimum absolute atomic E-state index is 0.139. The maximum absolute atomic E-state index is 11.8. The van der Waals surface area contributed by atoms with Crippen molar-refractivity contribution in [3.8, 4) is 0 Å². The molecule has 1 fully saturated rings. The molecular formula is C12H23NO3. The van der Waals surface area contributed by atoms with Crippen LogP contribution in [0.1, 0.15) is 33.6 Å². The number of rotatable bonds is 5. The number of nitrogens with zero attached hydrogens (tertiary/aromatic N) is 1. The van der Waals surface area contributed by atoms with Crippen molar-refractivity contribution in [2.75, 3.05) is 26.3 Å². The Balaban J connectivity index is 2.32. The Morgan fingerprint density at radius 3 is 2.75 bits per heavy atom. The van der Waals surface area contributed by atoms with Gasteiger partial charge in [0.05, 0.1) is 18.6 Å². The zero-order valence-corrected chi connectivity index (χ0v) is 10.5. The summed E-state index contributed by atoms with van der Waals surface area (Å²) in [5.74, 6) is 0.337. The molecule has 0 aromatic heterocycles. The van der Waals surface area contributed by atoms with Crippen LogP contribution in [-0.2, 0) is 9.53 Å². The Bertz CT molecular complexity index is 235. The summed E-state index contributed by atoms with van der Waals surface area (Å²) >= 11 is 0. The smallest absolute Gasteiger partial charge is 0.224 e. The van der Waals surface area contributed by atoms with Gasteiger partial charge in [-0.25, -0.2) is 0 Å². The van der Waals surface area contributed by atoms with Crippen LogP contribution in [-0.4, -0.2) is 47.8 Å². The second-order valence-corrected chi connectivity index (χ2v) is 4.93. The lowest BCUT2D eigenvalue weighted by molar-refractivity contribution is -0.131. The molecule has 0 aromatic rings. The monoisotopic (exact) mass is 229 g/mol. The molecule has 1 heterocycles. The van der Waals surface area contributed by atoms with E-state index in [0.29, 0.717) is 26.2 Å². The van der Waals surface area contributed by atoms with Gasteiger partial charge in [-0.1, -0.05) is 0 Å². The molecular weight excluding hydrogens is 206 g/mol. The summed E-state index contributed by atoms with van der Waals surface area (Å²) in [6.07, 6.45) is 1.34. The molecule has 94 valence electrons. The van der Waals surface area contributed by atoms with Gasteiger partial charge in [0.1, 0.15) is 0 Å². The molecule has 0 aliphatic carbocycles. The van der Waals surface area contributed by atoms with E-state index in [4.69, 9.17) is 4.74 Å². The number of amides is 1. The lowest BCUT2D eigenvalue weighted by atomic mass is 9.90. The van der Waals surface area contributed by atoms with Gasteiger partial charge in [-0.2, -0.15) is 0 Å². The summed E-state index contributed by atoms with van der Waals surface area (Å²) in [7, 11) is 0. The van der Waals surface area contributed by atoms with Gasteiger partial charge in [0.15, 0.2) is 0 Å². The minimum atomic E-state index is -0.686. The number of ether oxygens (including phenoxy) is 1. The summed E-state index contributed by atoms with van der Waals surface area (Å²) in [6, 6.07) is 0. The van der Waals surface area contributed by atoms with Crippen molar-refractivity contribution in [3.63, 3.8) is 0 Å². The fraction of sp³-hybridized carbons (Fsp3) is 0.917. The zero-order chi connectivity index (χ0) is 12.2. The first kappa shape index (κ1) is 13.5. The number of hydrogen-bond donors (Lipinski definition) is 1. The molecule has 0 bridgehead atoms. The van der Waals surface area contributed by atoms with E-state index in [9.17, 15) is 9.90 Å². The maximum atomic E-state index is 11.8. The standard InChI is InChI=1S/C12H23NO3/c1-4-16-8-6-11(14)13-7-5-10(9-13)12(2,3)15/h10,15H,4-9H2,1-3H3/t10-/m1/s1. The normalized spacial score (nSPS) is 21.5. The summed E-state index contributed by atoms with van der Waals surface area (Å²) in [6.45, 7) is 8.13. The second-order valence-electron chi connectivity index (χ2n) is 4.93. The van der Waals surface area contributed by atoms with Crippen molar-refractivity contribution < 1.29 is 14.6 Å². The second kappa shape index (κ2) is 5.64. The number of carbonyl (C=O) groups is 1. The molecule has 4 nitrogen and oxygen atoms in total. The van der Waals surface area contributed by atoms with E-state index in [0.717, 1.165) is 13.0 Å². The zero-order valence-electron chi connectivity index (χ0n) is 10.5. The van der Waals surface area contributed by atoms with Crippen LogP contribution in [0.5, 0.6) is 0 Å². The Labute approximate surface area is 97.6 Å². The average Bonchev–Trinajstić information content (AvgIpc) is 2.66. The van der Waals surface area contributed by atoms with Crippen molar-refractivity contribution in [3.05, 3.63) is 0 Å². The highest BCUT2D eigenvalue weighted by Crippen LogP contribution is 2.27. The third-order valence-electron chi connectivity index (χ3n) is 3.20. The summed E-state index contributed by atoms with van der Waals surface area (Å²) in [5.41, 5.74) is -0.686. The maximum Gasteiger partial charge on any atom is 0.224 e.